The number of amides is 5. The summed E-state index contributed by atoms with van der Waals surface area (Å²) < 4.78 is 0. The molecule has 0 spiro atoms. The topological polar surface area (TPSA) is 307 Å². The molecule has 0 rings (SSSR count). The van der Waals surface area contributed by atoms with E-state index in [1.165, 1.54) is 0 Å². The lowest BCUT2D eigenvalue weighted by Crippen LogP contribution is -2.61. The van der Waals surface area contributed by atoms with Crippen molar-refractivity contribution in [1.82, 2.24) is 21.3 Å². The highest BCUT2D eigenvalue weighted by Gasteiger charge is 2.34. The van der Waals surface area contributed by atoms with Gasteiger partial charge in [-0.3, -0.25) is 29.0 Å². The summed E-state index contributed by atoms with van der Waals surface area (Å²) in [5.74, 6) is -6.68. The monoisotopic (exact) mass is 595 g/mol. The molecule has 0 radical (unpaired) electrons. The minimum absolute atomic E-state index is 0.00242. The zero-order valence-corrected chi connectivity index (χ0v) is 23.0. The minimum Gasteiger partial charge on any atom is -0.480 e. The highest BCUT2D eigenvalue weighted by Crippen LogP contribution is 2.04. The Morgan fingerprint density at radius 3 is 1.82 bits per heavy atom. The summed E-state index contributed by atoms with van der Waals surface area (Å²) in [5, 5.41) is 28.1. The van der Waals surface area contributed by atoms with Gasteiger partial charge >= 0.3 is 5.97 Å². The molecule has 0 heterocycles. The van der Waals surface area contributed by atoms with Gasteiger partial charge in [0.2, 0.25) is 29.5 Å². The number of carbonyl (C=O) groups excluding carboxylic acids is 5. The van der Waals surface area contributed by atoms with Gasteiger partial charge in [-0.2, -0.15) is 25.3 Å². The third kappa shape index (κ3) is 13.9. The van der Waals surface area contributed by atoms with Gasteiger partial charge in [0.1, 0.15) is 24.2 Å². The van der Waals surface area contributed by atoms with E-state index in [1.54, 1.807) is 0 Å². The number of aliphatic imine (C=N–C) groups is 1. The lowest BCUT2D eigenvalue weighted by Gasteiger charge is -2.26. The highest BCUT2D eigenvalue weighted by molar-refractivity contribution is 7.80. The van der Waals surface area contributed by atoms with Gasteiger partial charge < -0.3 is 54.4 Å². The van der Waals surface area contributed by atoms with E-state index in [-0.39, 0.29) is 36.9 Å². The molecule has 5 amide bonds. The number of aliphatic hydroxyl groups excluding tert-OH is 1. The molecule has 0 unspecified atom stereocenters. The van der Waals surface area contributed by atoms with Gasteiger partial charge in [-0.25, -0.2) is 4.79 Å². The first kappa shape index (κ1) is 35.7. The average Bonchev–Trinajstić information content (AvgIpc) is 2.85. The lowest BCUT2D eigenvalue weighted by molar-refractivity contribution is -0.142. The largest absolute Gasteiger partial charge is 0.480 e. The number of aliphatic hydroxyl groups is 1. The van der Waals surface area contributed by atoms with Crippen molar-refractivity contribution in [2.75, 3.05) is 18.1 Å². The van der Waals surface area contributed by atoms with Crippen molar-refractivity contribution in [2.45, 2.75) is 62.5 Å². The summed E-state index contributed by atoms with van der Waals surface area (Å²) in [6, 6.07) is -7.03. The van der Waals surface area contributed by atoms with E-state index in [2.05, 4.69) is 51.5 Å². The molecule has 17 nitrogen and oxygen atoms in total. The van der Waals surface area contributed by atoms with Crippen LogP contribution >= 0.6 is 25.3 Å². The van der Waals surface area contributed by atoms with Crippen LogP contribution in [-0.2, 0) is 28.8 Å². The second-order valence-corrected chi connectivity index (χ2v) is 9.07. The van der Waals surface area contributed by atoms with Crippen molar-refractivity contribution >= 4 is 66.7 Å². The summed E-state index contributed by atoms with van der Waals surface area (Å²) >= 11 is 7.76. The molecule has 39 heavy (non-hydrogen) atoms. The molecule has 0 aliphatic rings. The van der Waals surface area contributed by atoms with Crippen LogP contribution in [0.3, 0.4) is 0 Å². The number of carboxylic acids is 1. The number of carbonyl (C=O) groups is 6. The molecule has 0 aliphatic carbocycles. The summed E-state index contributed by atoms with van der Waals surface area (Å²) in [6.07, 6.45) is -2.01. The Labute approximate surface area is 235 Å². The molecule has 222 valence electrons. The van der Waals surface area contributed by atoms with E-state index in [0.717, 1.165) is 6.92 Å². The molecule has 0 bridgehead atoms. The molecule has 0 aromatic carbocycles. The number of guanidine groups is 1. The average molecular weight is 596 g/mol. The standard InChI is InChI=1S/C20H37N9O8S2/c1-8(30)14(18(35)28-12(7-39)19(36)37)29-17(34)11(5-13(22)31)27-16(33)10(3-2-4-25-20(23)24)26-15(32)9(21)6-38/h8-12,14,30,38-39H,2-7,21H2,1H3,(H2,22,31)(H,26,32)(H,27,33)(H,28,35)(H,29,34)(H,36,37)(H4,23,24,25)/t8-,9+,10+,11+,12+,14+/m1/s1. The van der Waals surface area contributed by atoms with Crippen molar-refractivity contribution in [1.29, 1.82) is 0 Å². The normalized spacial score (nSPS) is 15.3. The molecule has 0 fully saturated rings. The number of hydrogen-bond acceptors (Lipinski definition) is 11. The van der Waals surface area contributed by atoms with Gasteiger partial charge in [0, 0.05) is 18.1 Å². The van der Waals surface area contributed by atoms with Crippen LogP contribution in [0.15, 0.2) is 4.99 Å². The molecule has 19 heteroatoms. The second kappa shape index (κ2) is 18.1. The van der Waals surface area contributed by atoms with E-state index in [1.807, 2.05) is 0 Å². The summed E-state index contributed by atoms with van der Waals surface area (Å²) in [6.45, 7) is 1.26. The first-order valence-electron chi connectivity index (χ1n) is 11.6. The zero-order valence-electron chi connectivity index (χ0n) is 21.2. The third-order valence-electron chi connectivity index (χ3n) is 5.01. The Morgan fingerprint density at radius 2 is 1.36 bits per heavy atom. The van der Waals surface area contributed by atoms with E-state index >= 15 is 0 Å². The quantitative estimate of drug-likeness (QED) is 0.0307. The summed E-state index contributed by atoms with van der Waals surface area (Å²) in [5.41, 5.74) is 21.4. The fraction of sp³-hybridized carbons (Fsp3) is 0.650. The van der Waals surface area contributed by atoms with Crippen LogP contribution in [0, 0.1) is 0 Å². The molecule has 6 atom stereocenters. The molecule has 0 saturated heterocycles. The van der Waals surface area contributed by atoms with Crippen molar-refractivity contribution in [3.63, 3.8) is 0 Å². The van der Waals surface area contributed by atoms with Gasteiger partial charge in [0.05, 0.1) is 18.6 Å². The first-order chi connectivity index (χ1) is 18.1. The van der Waals surface area contributed by atoms with Gasteiger partial charge in [0.15, 0.2) is 5.96 Å². The Kier molecular flexibility index (Phi) is 16.6. The van der Waals surface area contributed by atoms with Crippen molar-refractivity contribution < 1.29 is 39.0 Å². The van der Waals surface area contributed by atoms with Gasteiger partial charge in [-0.1, -0.05) is 0 Å². The third-order valence-corrected chi connectivity index (χ3v) is 5.77. The number of nitrogens with two attached hydrogens (primary N) is 4. The minimum atomic E-state index is -1.67. The van der Waals surface area contributed by atoms with Crippen LogP contribution in [-0.4, -0.2) is 106 Å². The Bertz CT molecular complexity index is 918. The molecule has 0 aliphatic heterocycles. The van der Waals surface area contributed by atoms with Crippen LogP contribution in [0.1, 0.15) is 26.2 Å². The Hall–Kier alpha value is -3.29. The van der Waals surface area contributed by atoms with E-state index in [9.17, 15) is 33.9 Å². The smallest absolute Gasteiger partial charge is 0.327 e. The predicted octanol–water partition coefficient (Wildman–Crippen LogP) is -5.49. The number of nitrogens with zero attached hydrogens (tertiary/aromatic N) is 1. The Morgan fingerprint density at radius 1 is 0.821 bits per heavy atom. The van der Waals surface area contributed by atoms with Gasteiger partial charge in [0.25, 0.3) is 0 Å². The van der Waals surface area contributed by atoms with Gasteiger partial charge in [-0.15, -0.1) is 0 Å². The van der Waals surface area contributed by atoms with Crippen LogP contribution in [0.5, 0.6) is 0 Å². The predicted molar refractivity (Wildman–Crippen MR) is 146 cm³/mol. The number of carboxylic acid groups (broad SMARTS) is 1. The van der Waals surface area contributed by atoms with Gasteiger partial charge in [-0.05, 0) is 19.8 Å². The Balaban J connectivity index is 5.78. The summed E-state index contributed by atoms with van der Waals surface area (Å²) in [7, 11) is 0. The zero-order chi connectivity index (χ0) is 30.3. The number of primary amides is 1. The maximum atomic E-state index is 13.0. The molecule has 0 aromatic heterocycles. The number of aliphatic carboxylic acids is 1. The molecule has 14 N–H and O–H groups in total. The molecule has 0 aromatic rings. The van der Waals surface area contributed by atoms with Crippen LogP contribution in [0.2, 0.25) is 0 Å². The molecule has 0 saturated carbocycles. The SMILES string of the molecule is C[C@@H](O)[C@H](NC(=O)[C@H](CC(N)=O)NC(=O)[C@H](CCCN=C(N)N)NC(=O)[C@@H](N)CS)C(=O)N[C@@H](CS)C(=O)O. The fourth-order valence-electron chi connectivity index (χ4n) is 2.92. The highest BCUT2D eigenvalue weighted by atomic mass is 32.1. The molecular formula is C20H37N9O8S2. The van der Waals surface area contributed by atoms with Crippen molar-refractivity contribution in [2.24, 2.45) is 27.9 Å². The fourth-order valence-corrected chi connectivity index (χ4v) is 3.34. The van der Waals surface area contributed by atoms with E-state index in [4.69, 9.17) is 28.0 Å². The van der Waals surface area contributed by atoms with Crippen LogP contribution in [0.25, 0.3) is 0 Å². The van der Waals surface area contributed by atoms with Crippen molar-refractivity contribution in [3.05, 3.63) is 0 Å². The van der Waals surface area contributed by atoms with Crippen LogP contribution in [0.4, 0.5) is 0 Å². The van der Waals surface area contributed by atoms with Crippen molar-refractivity contribution in [3.8, 4) is 0 Å². The summed E-state index contributed by atoms with van der Waals surface area (Å²) in [4.78, 5) is 77.3. The maximum absolute atomic E-state index is 13.0. The number of hydrogen-bond donors (Lipinski definition) is 12. The number of thiol groups is 2. The van der Waals surface area contributed by atoms with Crippen LogP contribution < -0.4 is 44.2 Å². The molecular weight excluding hydrogens is 558 g/mol. The second-order valence-electron chi connectivity index (χ2n) is 8.34. The number of rotatable bonds is 18. The first-order valence-corrected chi connectivity index (χ1v) is 12.8. The number of nitrogens with one attached hydrogen (secondary N) is 4. The lowest BCUT2D eigenvalue weighted by atomic mass is 10.1. The van der Waals surface area contributed by atoms with E-state index < -0.39 is 78.2 Å². The van der Waals surface area contributed by atoms with E-state index in [0.29, 0.717) is 0 Å². The maximum Gasteiger partial charge on any atom is 0.327 e.